The normalized spacial score (nSPS) is 29.1. The molecule has 4 unspecified atom stereocenters. The SMILES string of the molecule is N=C(N)c1ccc(C2NC(OC(=O)O)C3C(=O)N(CC4CCCCC4)C(=O)C23)cc1. The number of hydrogen-bond acceptors (Lipinski definition) is 6. The molecule has 2 saturated heterocycles. The zero-order chi connectivity index (χ0) is 21.4. The number of carbonyl (C=O) groups is 3. The van der Waals surface area contributed by atoms with Gasteiger partial charge in [-0.3, -0.25) is 25.2 Å². The Kier molecular flexibility index (Phi) is 5.46. The molecule has 30 heavy (non-hydrogen) atoms. The van der Waals surface area contributed by atoms with Crippen molar-refractivity contribution < 1.29 is 24.2 Å². The molecule has 9 heteroatoms. The highest BCUT2D eigenvalue weighted by Crippen LogP contribution is 2.45. The Morgan fingerprint density at radius 3 is 2.37 bits per heavy atom. The lowest BCUT2D eigenvalue weighted by Gasteiger charge is -2.27. The van der Waals surface area contributed by atoms with E-state index in [-0.39, 0.29) is 17.6 Å². The summed E-state index contributed by atoms with van der Waals surface area (Å²) in [5.41, 5.74) is 6.76. The number of amides is 2. The van der Waals surface area contributed by atoms with E-state index in [1.807, 2.05) is 0 Å². The summed E-state index contributed by atoms with van der Waals surface area (Å²) in [5.74, 6) is -2.03. The largest absolute Gasteiger partial charge is 0.507 e. The highest BCUT2D eigenvalue weighted by Gasteiger charge is 2.60. The lowest BCUT2D eigenvalue weighted by molar-refractivity contribution is -0.142. The van der Waals surface area contributed by atoms with E-state index in [2.05, 4.69) is 5.32 Å². The highest BCUT2D eigenvalue weighted by atomic mass is 16.7. The highest BCUT2D eigenvalue weighted by molar-refractivity contribution is 6.06. The van der Waals surface area contributed by atoms with E-state index in [4.69, 9.17) is 21.0 Å². The monoisotopic (exact) mass is 414 g/mol. The lowest BCUT2D eigenvalue weighted by atomic mass is 9.88. The fourth-order valence-electron chi connectivity index (χ4n) is 5.03. The fraction of sp³-hybridized carbons (Fsp3) is 0.524. The number of carbonyl (C=O) groups excluding carboxylic acids is 2. The van der Waals surface area contributed by atoms with Gasteiger partial charge in [-0.1, -0.05) is 43.5 Å². The number of fused-ring (bicyclic) bond motifs is 1. The Balaban J connectivity index is 1.61. The first-order chi connectivity index (χ1) is 14.4. The lowest BCUT2D eigenvalue weighted by Crippen LogP contribution is -2.43. The number of hydrogen-bond donors (Lipinski definition) is 4. The molecule has 2 heterocycles. The Morgan fingerprint density at radius 1 is 1.13 bits per heavy atom. The van der Waals surface area contributed by atoms with Crippen LogP contribution < -0.4 is 11.1 Å². The summed E-state index contributed by atoms with van der Waals surface area (Å²) >= 11 is 0. The Labute approximate surface area is 174 Å². The quantitative estimate of drug-likeness (QED) is 0.249. The van der Waals surface area contributed by atoms with E-state index in [0.717, 1.165) is 25.7 Å². The van der Waals surface area contributed by atoms with Crippen LogP contribution >= 0.6 is 0 Å². The molecule has 1 aromatic carbocycles. The molecule has 0 aromatic heterocycles. The summed E-state index contributed by atoms with van der Waals surface area (Å²) in [7, 11) is 0. The van der Waals surface area contributed by atoms with Gasteiger partial charge in [0.2, 0.25) is 11.8 Å². The van der Waals surface area contributed by atoms with Crippen molar-refractivity contribution in [3.63, 3.8) is 0 Å². The van der Waals surface area contributed by atoms with E-state index in [1.165, 1.54) is 11.3 Å². The zero-order valence-corrected chi connectivity index (χ0v) is 16.5. The molecule has 1 aromatic rings. The van der Waals surface area contributed by atoms with Gasteiger partial charge in [-0.2, -0.15) is 0 Å². The molecular formula is C21H26N4O5. The predicted molar refractivity (Wildman–Crippen MR) is 107 cm³/mol. The van der Waals surface area contributed by atoms with E-state index in [9.17, 15) is 14.4 Å². The van der Waals surface area contributed by atoms with Crippen LogP contribution in [0.2, 0.25) is 0 Å². The van der Waals surface area contributed by atoms with Gasteiger partial charge >= 0.3 is 6.16 Å². The Hall–Kier alpha value is -2.94. The molecule has 0 spiro atoms. The molecule has 3 aliphatic rings. The van der Waals surface area contributed by atoms with Crippen LogP contribution in [0.3, 0.4) is 0 Å². The number of ether oxygens (including phenoxy) is 1. The van der Waals surface area contributed by atoms with Crippen molar-refractivity contribution in [2.75, 3.05) is 6.54 Å². The third kappa shape index (κ3) is 3.65. The fourth-order valence-corrected chi connectivity index (χ4v) is 5.03. The van der Waals surface area contributed by atoms with Gasteiger partial charge in [-0.05, 0) is 24.3 Å². The maximum absolute atomic E-state index is 13.3. The minimum Gasteiger partial charge on any atom is -0.450 e. The maximum atomic E-state index is 13.3. The third-order valence-electron chi connectivity index (χ3n) is 6.49. The third-order valence-corrected chi connectivity index (χ3v) is 6.49. The average molecular weight is 414 g/mol. The molecule has 4 atom stereocenters. The van der Waals surface area contributed by atoms with Crippen molar-refractivity contribution in [2.45, 2.75) is 44.4 Å². The molecule has 2 aliphatic heterocycles. The van der Waals surface area contributed by atoms with Gasteiger partial charge in [0, 0.05) is 18.2 Å². The number of nitrogens with one attached hydrogen (secondary N) is 2. The molecule has 4 rings (SSSR count). The Morgan fingerprint density at radius 2 is 1.77 bits per heavy atom. The first kappa shape index (κ1) is 20.3. The number of imide groups is 1. The molecule has 0 bridgehead atoms. The first-order valence-electron chi connectivity index (χ1n) is 10.3. The molecule has 1 aliphatic carbocycles. The van der Waals surface area contributed by atoms with Crippen LogP contribution in [0.4, 0.5) is 4.79 Å². The van der Waals surface area contributed by atoms with E-state index >= 15 is 0 Å². The molecule has 2 amide bonds. The van der Waals surface area contributed by atoms with Gasteiger partial charge in [0.1, 0.15) is 11.8 Å². The topological polar surface area (TPSA) is 146 Å². The summed E-state index contributed by atoms with van der Waals surface area (Å²) in [5, 5.41) is 19.7. The summed E-state index contributed by atoms with van der Waals surface area (Å²) in [6, 6.07) is 6.24. The van der Waals surface area contributed by atoms with Crippen molar-refractivity contribution in [3.8, 4) is 0 Å². The number of amidine groups is 1. The predicted octanol–water partition coefficient (Wildman–Crippen LogP) is 1.82. The van der Waals surface area contributed by atoms with Crippen LogP contribution in [0.5, 0.6) is 0 Å². The summed E-state index contributed by atoms with van der Waals surface area (Å²) in [6.07, 6.45) is 2.80. The number of nitrogens with two attached hydrogens (primary N) is 1. The molecular weight excluding hydrogens is 388 g/mol. The second-order valence-electron chi connectivity index (χ2n) is 8.33. The van der Waals surface area contributed by atoms with Crippen molar-refractivity contribution in [3.05, 3.63) is 35.4 Å². The van der Waals surface area contributed by atoms with Gasteiger partial charge in [0.25, 0.3) is 0 Å². The van der Waals surface area contributed by atoms with E-state index in [0.29, 0.717) is 23.6 Å². The standard InChI is InChI=1S/C21H26N4O5/c22-17(23)13-8-6-12(7-9-13)16-14-15(18(24-16)30-21(28)29)20(27)25(19(14)26)10-11-4-2-1-3-5-11/h6-9,11,14-16,18,24H,1-5,10H2,(H3,22,23)(H,28,29). The molecule has 9 nitrogen and oxygen atoms in total. The van der Waals surface area contributed by atoms with Crippen LogP contribution in [-0.2, 0) is 14.3 Å². The molecule has 5 N–H and O–H groups in total. The average Bonchev–Trinajstić information content (AvgIpc) is 3.20. The minimum atomic E-state index is -1.50. The second kappa shape index (κ2) is 8.06. The van der Waals surface area contributed by atoms with Crippen molar-refractivity contribution >= 4 is 23.8 Å². The van der Waals surface area contributed by atoms with E-state index in [1.54, 1.807) is 24.3 Å². The molecule has 0 radical (unpaired) electrons. The number of likely N-dealkylation sites (tertiary alicyclic amines) is 1. The number of nitrogen functional groups attached to an aromatic ring is 1. The first-order valence-corrected chi connectivity index (χ1v) is 10.3. The van der Waals surface area contributed by atoms with Gasteiger partial charge in [-0.15, -0.1) is 0 Å². The molecule has 160 valence electrons. The molecule has 3 fully saturated rings. The number of carboxylic acid groups (broad SMARTS) is 1. The van der Waals surface area contributed by atoms with Crippen LogP contribution in [-0.4, -0.2) is 46.6 Å². The van der Waals surface area contributed by atoms with E-state index < -0.39 is 30.3 Å². The summed E-state index contributed by atoms with van der Waals surface area (Å²) in [6.45, 7) is 0.389. The van der Waals surface area contributed by atoms with Gasteiger partial charge in [0.05, 0.1) is 5.92 Å². The van der Waals surface area contributed by atoms with Gasteiger partial charge in [-0.25, -0.2) is 4.79 Å². The Bertz CT molecular complexity index is 865. The number of nitrogens with zero attached hydrogens (tertiary/aromatic N) is 1. The maximum Gasteiger partial charge on any atom is 0.507 e. The number of rotatable bonds is 5. The van der Waals surface area contributed by atoms with Crippen LogP contribution in [0, 0.1) is 23.2 Å². The van der Waals surface area contributed by atoms with Gasteiger partial charge in [0.15, 0.2) is 6.23 Å². The second-order valence-corrected chi connectivity index (χ2v) is 8.33. The van der Waals surface area contributed by atoms with Crippen molar-refractivity contribution in [1.29, 1.82) is 5.41 Å². The molecule has 1 saturated carbocycles. The number of benzene rings is 1. The van der Waals surface area contributed by atoms with Crippen molar-refractivity contribution in [2.24, 2.45) is 23.5 Å². The zero-order valence-electron chi connectivity index (χ0n) is 16.5. The van der Waals surface area contributed by atoms with Crippen LogP contribution in [0.15, 0.2) is 24.3 Å². The van der Waals surface area contributed by atoms with Crippen LogP contribution in [0.25, 0.3) is 0 Å². The smallest absolute Gasteiger partial charge is 0.450 e. The summed E-state index contributed by atoms with van der Waals surface area (Å²) in [4.78, 5) is 38.9. The van der Waals surface area contributed by atoms with Crippen LogP contribution in [0.1, 0.15) is 49.3 Å². The minimum absolute atomic E-state index is 0.0725. The summed E-state index contributed by atoms with van der Waals surface area (Å²) < 4.78 is 4.95. The van der Waals surface area contributed by atoms with Gasteiger partial charge < -0.3 is 15.6 Å². The van der Waals surface area contributed by atoms with Crippen molar-refractivity contribution in [1.82, 2.24) is 10.2 Å².